The summed E-state index contributed by atoms with van der Waals surface area (Å²) in [5.41, 5.74) is 2.03. The van der Waals surface area contributed by atoms with E-state index in [4.69, 9.17) is 0 Å². The van der Waals surface area contributed by atoms with Gasteiger partial charge in [0.05, 0.1) is 12.6 Å². The highest BCUT2D eigenvalue weighted by Gasteiger charge is 2.15. The summed E-state index contributed by atoms with van der Waals surface area (Å²) in [6.45, 7) is 1.53. The van der Waals surface area contributed by atoms with Gasteiger partial charge in [-0.25, -0.2) is 4.39 Å². The lowest BCUT2D eigenvalue weighted by Crippen LogP contribution is -2.39. The molecule has 0 spiro atoms. The summed E-state index contributed by atoms with van der Waals surface area (Å²) in [4.78, 5) is 12.2. The van der Waals surface area contributed by atoms with Gasteiger partial charge in [0.15, 0.2) is 0 Å². The first-order chi connectivity index (χ1) is 10.1. The Hall–Kier alpha value is -2.20. The molecule has 0 heterocycles. The number of halogens is 1. The van der Waals surface area contributed by atoms with Crippen LogP contribution in [0.15, 0.2) is 48.5 Å². The van der Waals surface area contributed by atoms with Crippen LogP contribution >= 0.6 is 0 Å². The maximum absolute atomic E-state index is 13.1. The SMILES string of the molecule is Cc1cc(F)ccc1C(=O)N[C@@H](CO)Cc1ccccc1. The van der Waals surface area contributed by atoms with Gasteiger partial charge in [-0.1, -0.05) is 30.3 Å². The van der Waals surface area contributed by atoms with Crippen LogP contribution in [-0.2, 0) is 6.42 Å². The third-order valence-electron chi connectivity index (χ3n) is 3.31. The van der Waals surface area contributed by atoms with E-state index in [9.17, 15) is 14.3 Å². The first-order valence-corrected chi connectivity index (χ1v) is 6.82. The Bertz CT molecular complexity index is 613. The number of nitrogens with one attached hydrogen (secondary N) is 1. The molecule has 0 aromatic heterocycles. The number of hydrogen-bond acceptors (Lipinski definition) is 2. The molecule has 0 saturated heterocycles. The van der Waals surface area contributed by atoms with Crippen molar-refractivity contribution in [1.29, 1.82) is 0 Å². The van der Waals surface area contributed by atoms with Crippen LogP contribution in [0.5, 0.6) is 0 Å². The zero-order valence-electron chi connectivity index (χ0n) is 11.8. The number of carbonyl (C=O) groups is 1. The van der Waals surface area contributed by atoms with Crippen molar-refractivity contribution < 1.29 is 14.3 Å². The Labute approximate surface area is 123 Å². The fraction of sp³-hybridized carbons (Fsp3) is 0.235. The van der Waals surface area contributed by atoms with Gasteiger partial charge in [-0.2, -0.15) is 0 Å². The summed E-state index contributed by atoms with van der Waals surface area (Å²) < 4.78 is 13.1. The Balaban J connectivity index is 2.06. The third kappa shape index (κ3) is 4.13. The number of hydrogen-bond donors (Lipinski definition) is 2. The van der Waals surface area contributed by atoms with E-state index in [0.29, 0.717) is 17.5 Å². The van der Waals surface area contributed by atoms with Crippen LogP contribution in [0, 0.1) is 12.7 Å². The van der Waals surface area contributed by atoms with Gasteiger partial charge in [0.25, 0.3) is 5.91 Å². The van der Waals surface area contributed by atoms with E-state index in [-0.39, 0.29) is 24.4 Å². The van der Waals surface area contributed by atoms with E-state index in [1.54, 1.807) is 6.92 Å². The summed E-state index contributed by atoms with van der Waals surface area (Å²) in [6.07, 6.45) is 0.545. The van der Waals surface area contributed by atoms with Gasteiger partial charge in [0, 0.05) is 5.56 Å². The quantitative estimate of drug-likeness (QED) is 0.887. The molecule has 110 valence electrons. The lowest BCUT2D eigenvalue weighted by molar-refractivity contribution is 0.0916. The maximum atomic E-state index is 13.1. The Morgan fingerprint density at radius 1 is 1.24 bits per heavy atom. The molecule has 0 bridgehead atoms. The molecule has 0 aliphatic heterocycles. The van der Waals surface area contributed by atoms with Gasteiger partial charge >= 0.3 is 0 Å². The molecule has 2 aromatic carbocycles. The van der Waals surface area contributed by atoms with Gasteiger partial charge in [0.2, 0.25) is 0 Å². The molecule has 2 aromatic rings. The lowest BCUT2D eigenvalue weighted by atomic mass is 10.0. The molecule has 0 aliphatic carbocycles. The molecule has 0 fully saturated rings. The fourth-order valence-corrected chi connectivity index (χ4v) is 2.20. The van der Waals surface area contributed by atoms with Gasteiger partial charge < -0.3 is 10.4 Å². The van der Waals surface area contributed by atoms with Crippen molar-refractivity contribution in [3.05, 3.63) is 71.0 Å². The first kappa shape index (κ1) is 15.2. The van der Waals surface area contributed by atoms with Gasteiger partial charge in [-0.15, -0.1) is 0 Å². The molecule has 1 atom stereocenters. The number of rotatable bonds is 5. The number of aliphatic hydroxyl groups excluding tert-OH is 1. The van der Waals surface area contributed by atoms with E-state index >= 15 is 0 Å². The summed E-state index contributed by atoms with van der Waals surface area (Å²) in [5, 5.41) is 12.2. The summed E-state index contributed by atoms with van der Waals surface area (Å²) in [5.74, 6) is -0.672. The molecule has 0 radical (unpaired) electrons. The van der Waals surface area contributed by atoms with Crippen molar-refractivity contribution in [2.45, 2.75) is 19.4 Å². The smallest absolute Gasteiger partial charge is 0.251 e. The van der Waals surface area contributed by atoms with Gasteiger partial charge in [-0.05, 0) is 42.7 Å². The van der Waals surface area contributed by atoms with E-state index in [1.807, 2.05) is 30.3 Å². The molecule has 0 unspecified atom stereocenters. The van der Waals surface area contributed by atoms with Crippen molar-refractivity contribution in [3.63, 3.8) is 0 Å². The van der Waals surface area contributed by atoms with Crippen molar-refractivity contribution in [2.75, 3.05) is 6.61 Å². The summed E-state index contributed by atoms with van der Waals surface area (Å²) in [6, 6.07) is 13.3. The van der Waals surface area contributed by atoms with Crippen molar-refractivity contribution in [2.24, 2.45) is 0 Å². The Morgan fingerprint density at radius 2 is 1.95 bits per heavy atom. The molecular weight excluding hydrogens is 269 g/mol. The van der Waals surface area contributed by atoms with Crippen LogP contribution < -0.4 is 5.32 Å². The minimum Gasteiger partial charge on any atom is -0.394 e. The highest BCUT2D eigenvalue weighted by Crippen LogP contribution is 2.11. The van der Waals surface area contributed by atoms with E-state index < -0.39 is 0 Å². The molecule has 3 nitrogen and oxygen atoms in total. The maximum Gasteiger partial charge on any atom is 0.251 e. The van der Waals surface area contributed by atoms with Crippen molar-refractivity contribution in [3.8, 4) is 0 Å². The van der Waals surface area contributed by atoms with Crippen LogP contribution in [-0.4, -0.2) is 23.7 Å². The standard InChI is InChI=1S/C17H18FNO2/c1-12-9-14(18)7-8-16(12)17(21)19-15(11-20)10-13-5-3-2-4-6-13/h2-9,15,20H,10-11H2,1H3,(H,19,21)/t15-/m1/s1. The highest BCUT2D eigenvalue weighted by atomic mass is 19.1. The van der Waals surface area contributed by atoms with Crippen LogP contribution in [0.25, 0.3) is 0 Å². The average Bonchev–Trinajstić information content (AvgIpc) is 2.47. The predicted octanol–water partition coefficient (Wildman–Crippen LogP) is 2.47. The highest BCUT2D eigenvalue weighted by molar-refractivity contribution is 5.95. The van der Waals surface area contributed by atoms with Crippen LogP contribution in [0.3, 0.4) is 0 Å². The second kappa shape index (κ2) is 6.99. The topological polar surface area (TPSA) is 49.3 Å². The molecule has 0 saturated carbocycles. The molecule has 4 heteroatoms. The monoisotopic (exact) mass is 287 g/mol. The predicted molar refractivity (Wildman–Crippen MR) is 79.6 cm³/mol. The second-order valence-electron chi connectivity index (χ2n) is 5.00. The summed E-state index contributed by atoms with van der Waals surface area (Å²) >= 11 is 0. The fourth-order valence-electron chi connectivity index (χ4n) is 2.20. The lowest BCUT2D eigenvalue weighted by Gasteiger charge is -2.17. The number of benzene rings is 2. The molecular formula is C17H18FNO2. The van der Waals surface area contributed by atoms with E-state index in [0.717, 1.165) is 5.56 Å². The van der Waals surface area contributed by atoms with Gasteiger partial charge in [-0.3, -0.25) is 4.79 Å². The molecule has 2 rings (SSSR count). The minimum atomic E-state index is -0.371. The summed E-state index contributed by atoms with van der Waals surface area (Å²) in [7, 11) is 0. The molecule has 0 aliphatic rings. The molecule has 21 heavy (non-hydrogen) atoms. The van der Waals surface area contributed by atoms with Gasteiger partial charge in [0.1, 0.15) is 5.82 Å². The van der Waals surface area contributed by atoms with Crippen LogP contribution in [0.2, 0.25) is 0 Å². The second-order valence-corrected chi connectivity index (χ2v) is 5.00. The normalized spacial score (nSPS) is 12.0. The number of amides is 1. The Morgan fingerprint density at radius 3 is 2.57 bits per heavy atom. The zero-order valence-corrected chi connectivity index (χ0v) is 11.8. The Kier molecular flexibility index (Phi) is 5.06. The molecule has 1 amide bonds. The van der Waals surface area contributed by atoms with Crippen LogP contribution in [0.4, 0.5) is 4.39 Å². The van der Waals surface area contributed by atoms with E-state index in [1.165, 1.54) is 18.2 Å². The van der Waals surface area contributed by atoms with Crippen LogP contribution in [0.1, 0.15) is 21.5 Å². The largest absolute Gasteiger partial charge is 0.394 e. The van der Waals surface area contributed by atoms with Crippen molar-refractivity contribution >= 4 is 5.91 Å². The molecule has 2 N–H and O–H groups in total. The average molecular weight is 287 g/mol. The number of aliphatic hydroxyl groups is 1. The van der Waals surface area contributed by atoms with Crippen molar-refractivity contribution in [1.82, 2.24) is 5.32 Å². The minimum absolute atomic E-state index is 0.152. The number of carbonyl (C=O) groups excluding carboxylic acids is 1. The number of aryl methyl sites for hydroxylation is 1. The third-order valence-corrected chi connectivity index (χ3v) is 3.31. The van der Waals surface area contributed by atoms with E-state index in [2.05, 4.69) is 5.32 Å². The zero-order chi connectivity index (χ0) is 15.2. The first-order valence-electron chi connectivity index (χ1n) is 6.82.